The molecule has 0 aliphatic carbocycles. The van der Waals surface area contributed by atoms with Crippen molar-refractivity contribution >= 4 is 25.3 Å². The number of hydrogen-bond acceptors (Lipinski definition) is 6. The summed E-state index contributed by atoms with van der Waals surface area (Å²) in [6.07, 6.45) is 0.471. The van der Waals surface area contributed by atoms with E-state index in [1.165, 1.54) is 0 Å². The fraction of sp³-hybridized carbons (Fsp3) is 0.857. The molecule has 0 amide bonds. The zero-order chi connectivity index (χ0) is 14.1. The Kier molecular flexibility index (Phi) is 9.43. The Bertz CT molecular complexity index is 423. The molecule has 0 fully saturated rings. The first-order valence-electron chi connectivity index (χ1n) is 4.59. The van der Waals surface area contributed by atoms with Crippen LogP contribution in [0.2, 0.25) is 0 Å². The van der Waals surface area contributed by atoms with Gasteiger partial charge in [0, 0.05) is 0 Å². The maximum absolute atomic E-state index is 10.2. The van der Waals surface area contributed by atoms with Gasteiger partial charge in [-0.1, -0.05) is 6.92 Å². The second-order valence-corrected chi connectivity index (χ2v) is 6.00. The van der Waals surface area contributed by atoms with Crippen molar-refractivity contribution in [3.63, 3.8) is 0 Å². The van der Waals surface area contributed by atoms with Crippen LogP contribution in [0.1, 0.15) is 20.3 Å². The van der Waals surface area contributed by atoms with Crippen LogP contribution in [0.4, 0.5) is 0 Å². The molecule has 0 radical (unpaired) electrons. The van der Waals surface area contributed by atoms with Gasteiger partial charge in [0.2, 0.25) is 0 Å². The lowest BCUT2D eigenvalue weighted by Crippen LogP contribution is -2.10. The van der Waals surface area contributed by atoms with E-state index in [0.29, 0.717) is 6.42 Å². The van der Waals surface area contributed by atoms with Crippen LogP contribution in [0.3, 0.4) is 0 Å². The summed E-state index contributed by atoms with van der Waals surface area (Å²) in [7, 11) is -7.81. The summed E-state index contributed by atoms with van der Waals surface area (Å²) in [6.45, 7) is 2.61. The average molecular weight is 291 g/mol. The highest BCUT2D eigenvalue weighted by Crippen LogP contribution is 1.87. The Morgan fingerprint density at radius 2 is 1.65 bits per heavy atom. The van der Waals surface area contributed by atoms with Crippen LogP contribution in [0.15, 0.2) is 4.99 Å². The van der Waals surface area contributed by atoms with Gasteiger partial charge in [0.25, 0.3) is 10.1 Å². The number of aliphatic imine (C=N–C) groups is 1. The molecule has 0 saturated carbocycles. The summed E-state index contributed by atoms with van der Waals surface area (Å²) >= 11 is 0. The molecule has 8 nitrogen and oxygen atoms in total. The molecular weight excluding hydrogens is 274 g/mol. The van der Waals surface area contributed by atoms with Crippen LogP contribution in [-0.2, 0) is 20.2 Å². The first-order chi connectivity index (χ1) is 7.54. The Morgan fingerprint density at radius 1 is 1.18 bits per heavy atom. The number of rotatable bonds is 4. The highest BCUT2D eigenvalue weighted by atomic mass is 32.2. The topological polar surface area (TPSA) is 141 Å². The number of aliphatic hydroxyl groups is 1. The van der Waals surface area contributed by atoms with Crippen LogP contribution in [0.25, 0.3) is 0 Å². The van der Waals surface area contributed by atoms with Crippen LogP contribution < -0.4 is 0 Å². The minimum absolute atomic E-state index is 0.00831. The van der Waals surface area contributed by atoms with Crippen LogP contribution in [-0.4, -0.2) is 55.0 Å². The molecule has 0 aliphatic rings. The second kappa shape index (κ2) is 8.53. The summed E-state index contributed by atoms with van der Waals surface area (Å²) in [5.74, 6) is -0.132. The Morgan fingerprint density at radius 3 is 1.82 bits per heavy atom. The normalized spacial score (nSPS) is 12.9. The molecule has 0 aromatic rings. The first kappa shape index (κ1) is 18.8. The standard InChI is InChI=1S/C4H9NO4S.C3H8O3S/c1-4(5-2-3-6)10(7,8)9;1-2-3-7(4,5)6/h6H,2-3H2,1H3,(H,7,8,9);2-3H2,1H3,(H,4,5,6)/b5-4-;. The molecule has 17 heavy (non-hydrogen) atoms. The summed E-state index contributed by atoms with van der Waals surface area (Å²) in [6, 6.07) is 0. The van der Waals surface area contributed by atoms with Crippen molar-refractivity contribution in [2.45, 2.75) is 20.3 Å². The molecule has 0 aromatic carbocycles. The van der Waals surface area contributed by atoms with Crippen molar-refractivity contribution in [3.8, 4) is 0 Å². The van der Waals surface area contributed by atoms with Crippen molar-refractivity contribution in [2.75, 3.05) is 18.9 Å². The van der Waals surface area contributed by atoms with Crippen LogP contribution in [0.5, 0.6) is 0 Å². The zero-order valence-corrected chi connectivity index (χ0v) is 11.2. The molecule has 0 aromatic heterocycles. The molecule has 3 N–H and O–H groups in total. The van der Waals surface area contributed by atoms with Crippen molar-refractivity contribution < 1.29 is 31.0 Å². The van der Waals surface area contributed by atoms with E-state index in [1.807, 2.05) is 0 Å². The molecular formula is C7H17NO7S2. The molecule has 10 heteroatoms. The van der Waals surface area contributed by atoms with E-state index in [0.717, 1.165) is 6.92 Å². The van der Waals surface area contributed by atoms with Crippen molar-refractivity contribution in [3.05, 3.63) is 0 Å². The summed E-state index contributed by atoms with van der Waals surface area (Å²) in [5.41, 5.74) is 0. The Balaban J connectivity index is 0. The fourth-order valence-electron chi connectivity index (χ4n) is 0.547. The third-order valence-electron chi connectivity index (χ3n) is 1.27. The van der Waals surface area contributed by atoms with E-state index in [2.05, 4.69) is 4.99 Å². The highest BCUT2D eigenvalue weighted by molar-refractivity contribution is 8.01. The van der Waals surface area contributed by atoms with Crippen LogP contribution in [0, 0.1) is 0 Å². The quantitative estimate of drug-likeness (QED) is 0.362. The first-order valence-corrected chi connectivity index (χ1v) is 7.64. The fourth-order valence-corrected chi connectivity index (χ4v) is 1.32. The predicted molar refractivity (Wildman–Crippen MR) is 63.3 cm³/mol. The van der Waals surface area contributed by atoms with Gasteiger partial charge in [0.05, 0.1) is 18.9 Å². The molecule has 104 valence electrons. The average Bonchev–Trinajstić information content (AvgIpc) is 2.11. The number of hydrogen-bond donors (Lipinski definition) is 3. The van der Waals surface area contributed by atoms with Gasteiger partial charge in [0.1, 0.15) is 0 Å². The van der Waals surface area contributed by atoms with Gasteiger partial charge in [-0.2, -0.15) is 16.8 Å². The molecule has 0 rings (SSSR count). The largest absolute Gasteiger partial charge is 0.394 e. The van der Waals surface area contributed by atoms with Gasteiger partial charge in [-0.25, -0.2) is 0 Å². The van der Waals surface area contributed by atoms with Crippen molar-refractivity contribution in [1.82, 2.24) is 0 Å². The maximum atomic E-state index is 10.2. The molecule has 0 heterocycles. The van der Waals surface area contributed by atoms with Crippen molar-refractivity contribution in [2.24, 2.45) is 4.99 Å². The minimum Gasteiger partial charge on any atom is -0.394 e. The SMILES string of the molecule is C/C(=N/CCO)S(=O)(=O)O.CCCS(=O)(=O)O. The van der Waals surface area contributed by atoms with Gasteiger partial charge in [-0.05, 0) is 13.3 Å². The third kappa shape index (κ3) is 15.4. The Hall–Kier alpha value is -0.550. The molecule has 0 unspecified atom stereocenters. The third-order valence-corrected chi connectivity index (χ3v) is 3.07. The van der Waals surface area contributed by atoms with E-state index in [1.54, 1.807) is 6.92 Å². The summed E-state index contributed by atoms with van der Waals surface area (Å²) in [4.78, 5) is 3.34. The molecule has 0 saturated heterocycles. The van der Waals surface area contributed by atoms with Crippen molar-refractivity contribution in [1.29, 1.82) is 0 Å². The minimum atomic E-state index is -4.14. The second-order valence-electron chi connectivity index (χ2n) is 2.89. The van der Waals surface area contributed by atoms with Gasteiger partial charge in [0.15, 0.2) is 5.04 Å². The Labute approximate surface area is 101 Å². The maximum Gasteiger partial charge on any atom is 0.307 e. The highest BCUT2D eigenvalue weighted by Gasteiger charge is 2.07. The molecule has 0 atom stereocenters. The molecule has 0 bridgehead atoms. The van der Waals surface area contributed by atoms with Crippen LogP contribution >= 0.6 is 0 Å². The smallest absolute Gasteiger partial charge is 0.307 e. The summed E-state index contributed by atoms with van der Waals surface area (Å²) < 4.78 is 56.2. The van der Waals surface area contributed by atoms with Gasteiger partial charge >= 0.3 is 10.1 Å². The predicted octanol–water partition coefficient (Wildman–Crippen LogP) is -0.431. The van der Waals surface area contributed by atoms with Gasteiger partial charge in [-0.15, -0.1) is 0 Å². The summed E-state index contributed by atoms with van der Waals surface area (Å²) in [5, 5.41) is 7.82. The lowest BCUT2D eigenvalue weighted by atomic mass is 10.6. The zero-order valence-electron chi connectivity index (χ0n) is 9.57. The number of nitrogens with zero attached hydrogens (tertiary/aromatic N) is 1. The van der Waals surface area contributed by atoms with E-state index >= 15 is 0 Å². The van der Waals surface area contributed by atoms with E-state index in [9.17, 15) is 16.8 Å². The number of aliphatic hydroxyl groups excluding tert-OH is 1. The van der Waals surface area contributed by atoms with E-state index in [-0.39, 0.29) is 23.9 Å². The lowest BCUT2D eigenvalue weighted by Gasteiger charge is -1.92. The van der Waals surface area contributed by atoms with E-state index in [4.69, 9.17) is 14.2 Å². The monoisotopic (exact) mass is 291 g/mol. The van der Waals surface area contributed by atoms with Gasteiger partial charge < -0.3 is 5.11 Å². The van der Waals surface area contributed by atoms with Gasteiger partial charge in [-0.3, -0.25) is 14.1 Å². The molecule has 0 spiro atoms. The molecule has 0 aliphatic heterocycles. The van der Waals surface area contributed by atoms with E-state index < -0.39 is 20.2 Å². The lowest BCUT2D eigenvalue weighted by molar-refractivity contribution is 0.307.